The minimum absolute atomic E-state index is 0.117. The fraction of sp³-hybridized carbons (Fsp3) is 0.516. The maximum Gasteiger partial charge on any atom is 0.225 e. The van der Waals surface area contributed by atoms with Crippen LogP contribution in [-0.2, 0) is 4.79 Å². The summed E-state index contributed by atoms with van der Waals surface area (Å²) >= 11 is 0. The summed E-state index contributed by atoms with van der Waals surface area (Å²) in [5, 5.41) is 12.0. The lowest BCUT2D eigenvalue weighted by Gasteiger charge is -2.62. The minimum Gasteiger partial charge on any atom is -0.370 e. The molecule has 1 aromatic carbocycles. The monoisotopic (exact) mass is 525 g/mol. The number of nitrogens with zero attached hydrogens (tertiary/aromatic N) is 6. The van der Waals surface area contributed by atoms with Crippen LogP contribution in [0, 0.1) is 22.7 Å². The van der Waals surface area contributed by atoms with Gasteiger partial charge in [0, 0.05) is 93.4 Å². The topological polar surface area (TPSA) is 71.2 Å². The molecule has 3 aromatic rings. The van der Waals surface area contributed by atoms with E-state index in [0.29, 0.717) is 17.4 Å². The van der Waals surface area contributed by atoms with Gasteiger partial charge in [-0.05, 0) is 68.7 Å². The smallest absolute Gasteiger partial charge is 0.225 e. The first-order valence-corrected chi connectivity index (χ1v) is 14.5. The SMILES string of the molecule is CC(C)N1CC2(CN(c3ccc(-c4cc5c(N6CCN(C(=O)[C@H]7C[C@H](C=N)C7)CC6)ccnn5c4)cc3)C2)C1. The number of likely N-dealkylation sites (tertiary alicyclic amines) is 1. The van der Waals surface area contributed by atoms with Gasteiger partial charge in [-0.2, -0.15) is 5.10 Å². The van der Waals surface area contributed by atoms with Gasteiger partial charge in [0.1, 0.15) is 0 Å². The van der Waals surface area contributed by atoms with E-state index in [-0.39, 0.29) is 11.8 Å². The molecular formula is C31H39N7O. The number of fused-ring (bicyclic) bond motifs is 1. The third kappa shape index (κ3) is 4.29. The van der Waals surface area contributed by atoms with Crippen molar-refractivity contribution in [3.05, 3.63) is 48.8 Å². The molecule has 0 bridgehead atoms. The highest BCUT2D eigenvalue weighted by Gasteiger charge is 2.52. The molecule has 2 aromatic heterocycles. The quantitative estimate of drug-likeness (QED) is 0.495. The third-order valence-corrected chi connectivity index (χ3v) is 9.60. The number of anilines is 2. The van der Waals surface area contributed by atoms with Crippen LogP contribution >= 0.6 is 0 Å². The summed E-state index contributed by atoms with van der Waals surface area (Å²) in [4.78, 5) is 22.3. The van der Waals surface area contributed by atoms with Crippen LogP contribution in [0.2, 0.25) is 0 Å². The Morgan fingerprint density at radius 1 is 0.974 bits per heavy atom. The molecule has 1 spiro atoms. The van der Waals surface area contributed by atoms with Crippen molar-refractivity contribution in [1.82, 2.24) is 19.4 Å². The lowest BCUT2D eigenvalue weighted by Crippen LogP contribution is -2.73. The second-order valence-corrected chi connectivity index (χ2v) is 12.6. The number of aromatic nitrogens is 2. The highest BCUT2D eigenvalue weighted by atomic mass is 16.2. The minimum atomic E-state index is 0.117. The van der Waals surface area contributed by atoms with Crippen molar-refractivity contribution in [2.45, 2.75) is 32.7 Å². The molecule has 1 saturated carbocycles. The van der Waals surface area contributed by atoms with E-state index in [0.717, 1.165) is 44.5 Å². The fourth-order valence-corrected chi connectivity index (χ4v) is 7.04. The van der Waals surface area contributed by atoms with Gasteiger partial charge in [0.15, 0.2) is 0 Å². The number of hydrogen-bond acceptors (Lipinski definition) is 6. The molecule has 1 amide bonds. The third-order valence-electron chi connectivity index (χ3n) is 9.60. The lowest BCUT2D eigenvalue weighted by molar-refractivity contribution is -0.139. The van der Waals surface area contributed by atoms with Crippen LogP contribution < -0.4 is 9.80 Å². The molecule has 0 unspecified atom stereocenters. The maximum absolute atomic E-state index is 12.8. The van der Waals surface area contributed by atoms with Crippen molar-refractivity contribution in [2.24, 2.45) is 17.3 Å². The van der Waals surface area contributed by atoms with Gasteiger partial charge >= 0.3 is 0 Å². The van der Waals surface area contributed by atoms with Crippen molar-refractivity contribution in [1.29, 1.82) is 5.41 Å². The van der Waals surface area contributed by atoms with Crippen LogP contribution in [-0.4, -0.2) is 89.9 Å². The van der Waals surface area contributed by atoms with Crippen molar-refractivity contribution in [2.75, 3.05) is 62.2 Å². The van der Waals surface area contributed by atoms with Crippen LogP contribution in [0.15, 0.2) is 48.8 Å². The standard InChI is InChI=1S/C31H39N7O/c1-22(2)36-18-31(19-36)20-37(21-31)27-5-3-24(4-6-27)26-15-29-28(7-8-33-38(29)17-26)34-9-11-35(12-10-34)30(39)25-13-23(14-25)16-32/h3-8,15-17,22-23,25,32H,9-14,18-21H2,1-2H3/t23-,25-. The number of carbonyl (C=O) groups excluding carboxylic acids is 1. The number of hydrogen-bond donors (Lipinski definition) is 1. The number of benzene rings is 1. The predicted octanol–water partition coefficient (Wildman–Crippen LogP) is 3.86. The van der Waals surface area contributed by atoms with E-state index in [2.05, 4.69) is 76.2 Å². The van der Waals surface area contributed by atoms with Crippen LogP contribution in [0.25, 0.3) is 16.6 Å². The van der Waals surface area contributed by atoms with Crippen LogP contribution in [0.3, 0.4) is 0 Å². The zero-order chi connectivity index (χ0) is 26.7. The predicted molar refractivity (Wildman–Crippen MR) is 156 cm³/mol. The summed E-state index contributed by atoms with van der Waals surface area (Å²) in [6, 6.07) is 14.0. The summed E-state index contributed by atoms with van der Waals surface area (Å²) in [6.07, 6.45) is 7.18. The number of rotatable bonds is 6. The summed E-state index contributed by atoms with van der Waals surface area (Å²) in [7, 11) is 0. The number of piperazine rings is 1. The highest BCUT2D eigenvalue weighted by molar-refractivity contribution is 5.83. The molecule has 8 nitrogen and oxygen atoms in total. The molecule has 7 rings (SSSR count). The number of nitrogens with one attached hydrogen (secondary N) is 1. The molecule has 3 saturated heterocycles. The average molecular weight is 526 g/mol. The lowest BCUT2D eigenvalue weighted by atomic mass is 9.72. The normalized spacial score (nSPS) is 24.5. The van der Waals surface area contributed by atoms with E-state index < -0.39 is 0 Å². The van der Waals surface area contributed by atoms with Gasteiger partial charge in [0.2, 0.25) is 5.91 Å². The molecule has 1 N–H and O–H groups in total. The summed E-state index contributed by atoms with van der Waals surface area (Å²) in [5.41, 5.74) is 6.50. The van der Waals surface area contributed by atoms with Crippen molar-refractivity contribution in [3.63, 3.8) is 0 Å². The molecular weight excluding hydrogens is 486 g/mol. The molecule has 3 aliphatic heterocycles. The van der Waals surface area contributed by atoms with Gasteiger partial charge in [0.05, 0.1) is 11.2 Å². The molecule has 204 valence electrons. The Hall–Kier alpha value is -3.39. The second-order valence-electron chi connectivity index (χ2n) is 12.6. The van der Waals surface area contributed by atoms with Crippen molar-refractivity contribution >= 4 is 29.0 Å². The van der Waals surface area contributed by atoms with E-state index in [1.807, 2.05) is 15.6 Å². The molecule has 4 aliphatic rings. The van der Waals surface area contributed by atoms with E-state index in [1.165, 1.54) is 54.9 Å². The van der Waals surface area contributed by atoms with E-state index in [1.54, 1.807) is 0 Å². The fourth-order valence-electron chi connectivity index (χ4n) is 7.04. The van der Waals surface area contributed by atoms with Gasteiger partial charge in [-0.15, -0.1) is 0 Å². The Kier molecular flexibility index (Phi) is 5.92. The molecule has 0 radical (unpaired) electrons. The van der Waals surface area contributed by atoms with E-state index >= 15 is 0 Å². The van der Waals surface area contributed by atoms with E-state index in [4.69, 9.17) is 5.41 Å². The van der Waals surface area contributed by atoms with Crippen LogP contribution in [0.1, 0.15) is 26.7 Å². The van der Waals surface area contributed by atoms with E-state index in [9.17, 15) is 4.79 Å². The molecule has 8 heteroatoms. The van der Waals surface area contributed by atoms with Crippen molar-refractivity contribution in [3.8, 4) is 11.1 Å². The van der Waals surface area contributed by atoms with Crippen LogP contribution in [0.4, 0.5) is 11.4 Å². The molecule has 39 heavy (non-hydrogen) atoms. The second kappa shape index (κ2) is 9.37. The first kappa shape index (κ1) is 24.6. The van der Waals surface area contributed by atoms with Crippen molar-refractivity contribution < 1.29 is 4.79 Å². The summed E-state index contributed by atoms with van der Waals surface area (Å²) in [5.74, 6) is 0.696. The first-order valence-electron chi connectivity index (χ1n) is 14.5. The number of amides is 1. The Balaban J connectivity index is 1.00. The average Bonchev–Trinajstić information content (AvgIpc) is 3.31. The Bertz CT molecular complexity index is 1370. The van der Waals surface area contributed by atoms with Crippen LogP contribution in [0.5, 0.6) is 0 Å². The maximum atomic E-state index is 12.8. The highest BCUT2D eigenvalue weighted by Crippen LogP contribution is 2.43. The summed E-state index contributed by atoms with van der Waals surface area (Å²) in [6.45, 7) is 12.6. The molecule has 5 heterocycles. The van der Waals surface area contributed by atoms with Gasteiger partial charge in [0.25, 0.3) is 0 Å². The summed E-state index contributed by atoms with van der Waals surface area (Å²) < 4.78 is 1.98. The van der Waals surface area contributed by atoms with Gasteiger partial charge < -0.3 is 20.1 Å². The Morgan fingerprint density at radius 3 is 2.36 bits per heavy atom. The molecule has 4 fully saturated rings. The zero-order valence-corrected chi connectivity index (χ0v) is 23.1. The largest absolute Gasteiger partial charge is 0.370 e. The van der Waals surface area contributed by atoms with Gasteiger partial charge in [-0.3, -0.25) is 9.69 Å². The molecule has 0 atom stereocenters. The number of carbonyl (C=O) groups is 1. The zero-order valence-electron chi connectivity index (χ0n) is 23.1. The first-order chi connectivity index (χ1) is 18.9. The van der Waals surface area contributed by atoms with Gasteiger partial charge in [-0.25, -0.2) is 4.52 Å². The molecule has 1 aliphatic carbocycles. The van der Waals surface area contributed by atoms with Gasteiger partial charge in [-0.1, -0.05) is 12.1 Å². The Morgan fingerprint density at radius 2 is 1.69 bits per heavy atom. The Labute approximate surface area is 230 Å².